The van der Waals surface area contributed by atoms with Gasteiger partial charge in [0.25, 0.3) is 5.69 Å². The van der Waals surface area contributed by atoms with E-state index in [-0.39, 0.29) is 16.9 Å². The highest BCUT2D eigenvalue weighted by molar-refractivity contribution is 8.00. The molecule has 1 aliphatic heterocycles. The summed E-state index contributed by atoms with van der Waals surface area (Å²) in [6.45, 7) is 0.386. The van der Waals surface area contributed by atoms with E-state index in [1.807, 2.05) is 28.8 Å². The Morgan fingerprint density at radius 3 is 2.85 bits per heavy atom. The monoisotopic (exact) mass is 385 g/mol. The standard InChI is InChI=1S/C18H15N3O5S/c1-25-15-5-3-2-4-14(15)20-13-7-6-11(21(23)24)10-12(13)19-18(20)27-16-8-9-26-17(16)22/h2-7,10,16H,8-9H2,1H3. The highest BCUT2D eigenvalue weighted by Gasteiger charge is 2.30. The Balaban J connectivity index is 1.91. The average molecular weight is 385 g/mol. The van der Waals surface area contributed by atoms with Gasteiger partial charge in [-0.1, -0.05) is 23.9 Å². The number of hydrogen-bond donors (Lipinski definition) is 0. The fourth-order valence-corrected chi connectivity index (χ4v) is 4.08. The first-order valence-electron chi connectivity index (χ1n) is 8.22. The topological polar surface area (TPSA) is 96.5 Å². The van der Waals surface area contributed by atoms with E-state index in [2.05, 4.69) is 4.98 Å². The van der Waals surface area contributed by atoms with E-state index in [9.17, 15) is 14.9 Å². The molecule has 4 rings (SSSR count). The number of hydrogen-bond acceptors (Lipinski definition) is 7. The number of nitrogens with zero attached hydrogens (tertiary/aromatic N) is 3. The number of thioether (sulfide) groups is 1. The zero-order valence-corrected chi connectivity index (χ0v) is 15.1. The van der Waals surface area contributed by atoms with Gasteiger partial charge in [0, 0.05) is 18.6 Å². The van der Waals surface area contributed by atoms with Crippen LogP contribution in [0.2, 0.25) is 0 Å². The number of para-hydroxylation sites is 2. The molecule has 0 bridgehead atoms. The quantitative estimate of drug-likeness (QED) is 0.377. The summed E-state index contributed by atoms with van der Waals surface area (Å²) >= 11 is 1.29. The van der Waals surface area contributed by atoms with Gasteiger partial charge < -0.3 is 9.47 Å². The Labute approximate surface area is 158 Å². The molecule has 1 fully saturated rings. The van der Waals surface area contributed by atoms with E-state index in [0.717, 1.165) is 5.69 Å². The number of non-ortho nitro benzene ring substituents is 1. The van der Waals surface area contributed by atoms with Crippen LogP contribution in [-0.4, -0.2) is 39.4 Å². The molecule has 1 atom stereocenters. The maximum Gasteiger partial charge on any atom is 0.319 e. The average Bonchev–Trinajstić information content (AvgIpc) is 3.24. The lowest BCUT2D eigenvalue weighted by molar-refractivity contribution is -0.384. The number of benzene rings is 2. The molecule has 0 amide bonds. The smallest absolute Gasteiger partial charge is 0.319 e. The molecule has 2 aromatic carbocycles. The third-order valence-corrected chi connectivity index (χ3v) is 5.48. The van der Waals surface area contributed by atoms with Gasteiger partial charge in [0.1, 0.15) is 11.0 Å². The minimum absolute atomic E-state index is 0.0380. The van der Waals surface area contributed by atoms with Crippen molar-refractivity contribution in [2.75, 3.05) is 13.7 Å². The second kappa shape index (κ2) is 6.92. The van der Waals surface area contributed by atoms with Gasteiger partial charge in [0.2, 0.25) is 0 Å². The molecule has 1 unspecified atom stereocenters. The third kappa shape index (κ3) is 3.10. The summed E-state index contributed by atoms with van der Waals surface area (Å²) in [5.74, 6) is 0.357. The van der Waals surface area contributed by atoms with Gasteiger partial charge in [-0.25, -0.2) is 4.98 Å². The molecule has 27 heavy (non-hydrogen) atoms. The SMILES string of the molecule is COc1ccccc1-n1c(SC2CCOC2=O)nc2cc([N+](=O)[O-])ccc21. The van der Waals surface area contributed by atoms with Gasteiger partial charge in [0.05, 0.1) is 35.4 Å². The number of ether oxygens (including phenoxy) is 2. The van der Waals surface area contributed by atoms with E-state index in [0.29, 0.717) is 35.0 Å². The van der Waals surface area contributed by atoms with Gasteiger partial charge in [-0.2, -0.15) is 0 Å². The molecule has 1 saturated heterocycles. The van der Waals surface area contributed by atoms with Crippen molar-refractivity contribution in [1.29, 1.82) is 0 Å². The van der Waals surface area contributed by atoms with Crippen LogP contribution < -0.4 is 4.74 Å². The fraction of sp³-hybridized carbons (Fsp3) is 0.222. The van der Waals surface area contributed by atoms with Crippen LogP contribution in [0.3, 0.4) is 0 Å². The Kier molecular flexibility index (Phi) is 4.44. The van der Waals surface area contributed by atoms with E-state index >= 15 is 0 Å². The first-order chi connectivity index (χ1) is 13.1. The number of aromatic nitrogens is 2. The molecule has 0 aliphatic carbocycles. The largest absolute Gasteiger partial charge is 0.495 e. The van der Waals surface area contributed by atoms with Crippen LogP contribution in [0.5, 0.6) is 5.75 Å². The molecule has 3 aromatic rings. The van der Waals surface area contributed by atoms with Crippen LogP contribution in [0.15, 0.2) is 47.6 Å². The molecule has 0 spiro atoms. The predicted octanol–water partition coefficient (Wildman–Crippen LogP) is 3.35. The maximum atomic E-state index is 11.9. The third-order valence-electron chi connectivity index (χ3n) is 4.28. The molecule has 8 nitrogen and oxygen atoms in total. The van der Waals surface area contributed by atoms with Crippen molar-refractivity contribution in [2.45, 2.75) is 16.8 Å². The molecule has 1 aromatic heterocycles. The van der Waals surface area contributed by atoms with Crippen LogP contribution in [0.25, 0.3) is 16.7 Å². The van der Waals surface area contributed by atoms with Crippen molar-refractivity contribution in [1.82, 2.24) is 9.55 Å². The molecule has 0 radical (unpaired) electrons. The number of esters is 1. The van der Waals surface area contributed by atoms with E-state index in [4.69, 9.17) is 9.47 Å². The van der Waals surface area contributed by atoms with E-state index in [1.165, 1.54) is 23.9 Å². The molecule has 2 heterocycles. The first-order valence-corrected chi connectivity index (χ1v) is 9.10. The lowest BCUT2D eigenvalue weighted by atomic mass is 10.2. The van der Waals surface area contributed by atoms with Crippen molar-refractivity contribution >= 4 is 34.5 Å². The second-order valence-corrected chi connectivity index (χ2v) is 7.06. The molecule has 138 valence electrons. The first kappa shape index (κ1) is 17.3. The van der Waals surface area contributed by atoms with Gasteiger partial charge in [-0.05, 0) is 18.2 Å². The zero-order valence-electron chi connectivity index (χ0n) is 14.3. The Morgan fingerprint density at radius 2 is 2.15 bits per heavy atom. The number of carbonyl (C=O) groups excluding carboxylic acids is 1. The maximum absolute atomic E-state index is 11.9. The summed E-state index contributed by atoms with van der Waals surface area (Å²) in [5.41, 5.74) is 1.87. The predicted molar refractivity (Wildman–Crippen MR) is 99.5 cm³/mol. The molecular formula is C18H15N3O5S. The molecule has 0 N–H and O–H groups in total. The lowest BCUT2D eigenvalue weighted by Crippen LogP contribution is -2.11. The van der Waals surface area contributed by atoms with Crippen LogP contribution in [0.1, 0.15) is 6.42 Å². The normalized spacial score (nSPS) is 16.5. The number of nitro benzene ring substituents is 1. The van der Waals surface area contributed by atoms with Crippen molar-refractivity contribution in [3.8, 4) is 11.4 Å². The minimum Gasteiger partial charge on any atom is -0.495 e. The molecule has 0 saturated carbocycles. The number of carbonyl (C=O) groups is 1. The van der Waals surface area contributed by atoms with Crippen molar-refractivity contribution in [2.24, 2.45) is 0 Å². The van der Waals surface area contributed by atoms with Crippen LogP contribution >= 0.6 is 11.8 Å². The Morgan fingerprint density at radius 1 is 1.33 bits per heavy atom. The minimum atomic E-state index is -0.456. The summed E-state index contributed by atoms with van der Waals surface area (Å²) in [4.78, 5) is 27.1. The Hall–Kier alpha value is -3.07. The fourth-order valence-electron chi connectivity index (χ4n) is 3.00. The summed E-state index contributed by atoms with van der Waals surface area (Å²) in [5, 5.41) is 11.3. The van der Waals surface area contributed by atoms with E-state index in [1.54, 1.807) is 13.2 Å². The van der Waals surface area contributed by atoms with E-state index < -0.39 is 4.92 Å². The van der Waals surface area contributed by atoms with Gasteiger partial charge in [-0.3, -0.25) is 19.5 Å². The number of fused-ring (bicyclic) bond motifs is 1. The van der Waals surface area contributed by atoms with Gasteiger partial charge in [0.15, 0.2) is 5.16 Å². The van der Waals surface area contributed by atoms with Gasteiger partial charge in [-0.15, -0.1) is 0 Å². The van der Waals surface area contributed by atoms with Gasteiger partial charge >= 0.3 is 5.97 Å². The van der Waals surface area contributed by atoms with Crippen molar-refractivity contribution in [3.63, 3.8) is 0 Å². The summed E-state index contributed by atoms with van der Waals surface area (Å²) in [6.07, 6.45) is 0.596. The summed E-state index contributed by atoms with van der Waals surface area (Å²) in [6, 6.07) is 11.9. The van der Waals surface area contributed by atoms with Crippen molar-refractivity contribution < 1.29 is 19.2 Å². The number of rotatable bonds is 5. The van der Waals surface area contributed by atoms with Crippen LogP contribution in [0, 0.1) is 10.1 Å². The van der Waals surface area contributed by atoms with Crippen LogP contribution in [-0.2, 0) is 9.53 Å². The number of imidazole rings is 1. The molecule has 1 aliphatic rings. The Bertz CT molecular complexity index is 1050. The summed E-state index contributed by atoms with van der Waals surface area (Å²) in [7, 11) is 1.57. The highest BCUT2D eigenvalue weighted by atomic mass is 32.2. The van der Waals surface area contributed by atoms with Crippen molar-refractivity contribution in [3.05, 3.63) is 52.6 Å². The highest BCUT2D eigenvalue weighted by Crippen LogP contribution is 2.37. The zero-order chi connectivity index (χ0) is 19.0. The molecule has 9 heteroatoms. The second-order valence-electron chi connectivity index (χ2n) is 5.89. The number of nitro groups is 1. The lowest BCUT2D eigenvalue weighted by Gasteiger charge is -2.13. The molecular weight excluding hydrogens is 370 g/mol. The number of cyclic esters (lactones) is 1. The van der Waals surface area contributed by atoms with Crippen LogP contribution in [0.4, 0.5) is 5.69 Å². The number of methoxy groups -OCH3 is 1. The summed E-state index contributed by atoms with van der Waals surface area (Å²) < 4.78 is 12.4.